The van der Waals surface area contributed by atoms with E-state index in [9.17, 15) is 5.11 Å². The highest BCUT2D eigenvalue weighted by atomic mass is 16.5. The van der Waals surface area contributed by atoms with Crippen LogP contribution in [0.4, 0.5) is 0 Å². The molecule has 1 aliphatic rings. The van der Waals surface area contributed by atoms with Gasteiger partial charge in [-0.3, -0.25) is 0 Å². The van der Waals surface area contributed by atoms with Crippen molar-refractivity contribution >= 4 is 0 Å². The molecule has 3 heteroatoms. The van der Waals surface area contributed by atoms with E-state index >= 15 is 0 Å². The van der Waals surface area contributed by atoms with Crippen LogP contribution in [0, 0.1) is 0 Å². The molecule has 124 valence electrons. The zero-order chi connectivity index (χ0) is 15.8. The smallest absolute Gasteiger partial charge is 0.0900 e. The van der Waals surface area contributed by atoms with Crippen LogP contribution in [-0.4, -0.2) is 42.4 Å². The molecule has 1 aromatic carbocycles. The van der Waals surface area contributed by atoms with Gasteiger partial charge in [-0.15, -0.1) is 0 Å². The zero-order valence-corrected chi connectivity index (χ0v) is 14.1. The van der Waals surface area contributed by atoms with Crippen LogP contribution in [0.5, 0.6) is 0 Å². The van der Waals surface area contributed by atoms with E-state index in [0.29, 0.717) is 19.2 Å². The molecule has 1 fully saturated rings. The largest absolute Gasteiger partial charge is 0.389 e. The highest BCUT2D eigenvalue weighted by molar-refractivity contribution is 5.17. The summed E-state index contributed by atoms with van der Waals surface area (Å²) in [4.78, 5) is 2.32. The molecule has 3 nitrogen and oxygen atoms in total. The van der Waals surface area contributed by atoms with Gasteiger partial charge < -0.3 is 14.7 Å². The van der Waals surface area contributed by atoms with Gasteiger partial charge in [0.2, 0.25) is 0 Å². The minimum absolute atomic E-state index is 0.0795. The predicted octanol–water partition coefficient (Wildman–Crippen LogP) is 3.78. The molecule has 2 rings (SSSR count). The summed E-state index contributed by atoms with van der Waals surface area (Å²) in [5.74, 6) is 0. The fraction of sp³-hybridized carbons (Fsp3) is 0.684. The van der Waals surface area contributed by atoms with Crippen LogP contribution in [0.3, 0.4) is 0 Å². The van der Waals surface area contributed by atoms with E-state index < -0.39 is 6.10 Å². The van der Waals surface area contributed by atoms with Gasteiger partial charge in [0.25, 0.3) is 0 Å². The third kappa shape index (κ3) is 5.38. The average molecular weight is 305 g/mol. The Balaban J connectivity index is 1.75. The first kappa shape index (κ1) is 17.5. The van der Waals surface area contributed by atoms with Crippen LogP contribution in [0.15, 0.2) is 30.3 Å². The van der Waals surface area contributed by atoms with Crippen molar-refractivity contribution in [3.8, 4) is 0 Å². The Morgan fingerprint density at radius 2 is 1.86 bits per heavy atom. The number of aliphatic hydroxyl groups excluding tert-OH is 1. The summed E-state index contributed by atoms with van der Waals surface area (Å²) in [6.07, 6.45) is 7.15. The van der Waals surface area contributed by atoms with Gasteiger partial charge in [-0.1, -0.05) is 56.5 Å². The van der Waals surface area contributed by atoms with E-state index in [1.54, 1.807) is 0 Å². The number of benzene rings is 1. The number of nitrogens with zero attached hydrogens (tertiary/aromatic N) is 1. The SMILES string of the molecule is CC[C@H](OC[C@@H](O)CN(C)C1CCCCC1)c1ccccc1. The van der Waals surface area contributed by atoms with Gasteiger partial charge in [-0.05, 0) is 31.9 Å². The minimum atomic E-state index is -0.412. The van der Waals surface area contributed by atoms with Crippen LogP contribution >= 0.6 is 0 Å². The van der Waals surface area contributed by atoms with Gasteiger partial charge in [0.05, 0.1) is 18.8 Å². The molecule has 1 N–H and O–H groups in total. The lowest BCUT2D eigenvalue weighted by molar-refractivity contribution is -0.0264. The van der Waals surface area contributed by atoms with E-state index in [1.165, 1.54) is 37.7 Å². The van der Waals surface area contributed by atoms with Crippen molar-refractivity contribution < 1.29 is 9.84 Å². The van der Waals surface area contributed by atoms with Crippen LogP contribution in [-0.2, 0) is 4.74 Å². The lowest BCUT2D eigenvalue weighted by Crippen LogP contribution is -2.40. The molecule has 0 aliphatic heterocycles. The second-order valence-corrected chi connectivity index (χ2v) is 6.53. The number of likely N-dealkylation sites (N-methyl/N-ethyl adjacent to an activating group) is 1. The number of rotatable bonds is 8. The quantitative estimate of drug-likeness (QED) is 0.793. The molecule has 0 saturated heterocycles. The number of ether oxygens (including phenoxy) is 1. The summed E-state index contributed by atoms with van der Waals surface area (Å²) >= 11 is 0. The fourth-order valence-electron chi connectivity index (χ4n) is 3.40. The summed E-state index contributed by atoms with van der Waals surface area (Å²) in [5.41, 5.74) is 1.19. The third-order valence-electron chi connectivity index (χ3n) is 4.73. The van der Waals surface area contributed by atoms with Crippen molar-refractivity contribution in [2.24, 2.45) is 0 Å². The fourth-order valence-corrected chi connectivity index (χ4v) is 3.40. The average Bonchev–Trinajstić information content (AvgIpc) is 2.57. The summed E-state index contributed by atoms with van der Waals surface area (Å²) in [6.45, 7) is 3.23. The highest BCUT2D eigenvalue weighted by Gasteiger charge is 2.20. The summed E-state index contributed by atoms with van der Waals surface area (Å²) in [5, 5.41) is 10.3. The van der Waals surface area contributed by atoms with Crippen LogP contribution < -0.4 is 0 Å². The van der Waals surface area contributed by atoms with Crippen LogP contribution in [0.1, 0.15) is 57.1 Å². The van der Waals surface area contributed by atoms with Crippen molar-refractivity contribution in [3.63, 3.8) is 0 Å². The normalized spacial score (nSPS) is 19.3. The first-order valence-corrected chi connectivity index (χ1v) is 8.75. The van der Waals surface area contributed by atoms with Crippen LogP contribution in [0.25, 0.3) is 0 Å². The standard InChI is InChI=1S/C19H31NO2/c1-3-19(16-10-6-4-7-11-16)22-15-18(21)14-20(2)17-12-8-5-9-13-17/h4,6-7,10-11,17-19,21H,3,5,8-9,12-15H2,1-2H3/t18-,19-/m0/s1. The Kier molecular flexibility index (Phi) is 7.37. The van der Waals surface area contributed by atoms with Gasteiger partial charge in [0, 0.05) is 12.6 Å². The van der Waals surface area contributed by atoms with Gasteiger partial charge in [-0.2, -0.15) is 0 Å². The molecular formula is C19H31NO2. The van der Waals surface area contributed by atoms with E-state index in [1.807, 2.05) is 18.2 Å². The molecule has 2 atom stereocenters. The molecule has 0 spiro atoms. The van der Waals surface area contributed by atoms with Crippen molar-refractivity contribution in [2.45, 2.75) is 63.7 Å². The molecule has 1 aliphatic carbocycles. The summed E-state index contributed by atoms with van der Waals surface area (Å²) in [7, 11) is 2.13. The van der Waals surface area contributed by atoms with Crippen molar-refractivity contribution in [1.29, 1.82) is 0 Å². The van der Waals surface area contributed by atoms with Crippen molar-refractivity contribution in [2.75, 3.05) is 20.2 Å². The Hall–Kier alpha value is -0.900. The van der Waals surface area contributed by atoms with E-state index in [4.69, 9.17) is 4.74 Å². The second-order valence-electron chi connectivity index (χ2n) is 6.53. The highest BCUT2D eigenvalue weighted by Crippen LogP contribution is 2.23. The Labute approximate surface area is 135 Å². The lowest BCUT2D eigenvalue weighted by Gasteiger charge is -2.32. The topological polar surface area (TPSA) is 32.7 Å². The third-order valence-corrected chi connectivity index (χ3v) is 4.73. The molecule has 22 heavy (non-hydrogen) atoms. The molecular weight excluding hydrogens is 274 g/mol. The maximum atomic E-state index is 10.3. The molecule has 1 saturated carbocycles. The molecule has 0 aromatic heterocycles. The number of aliphatic hydroxyl groups is 1. The van der Waals surface area contributed by atoms with Gasteiger partial charge >= 0.3 is 0 Å². The molecule has 0 heterocycles. The molecule has 0 radical (unpaired) electrons. The van der Waals surface area contributed by atoms with Crippen molar-refractivity contribution in [3.05, 3.63) is 35.9 Å². The minimum Gasteiger partial charge on any atom is -0.389 e. The lowest BCUT2D eigenvalue weighted by atomic mass is 9.94. The van der Waals surface area contributed by atoms with E-state index in [2.05, 4.69) is 31.0 Å². The first-order chi connectivity index (χ1) is 10.7. The zero-order valence-electron chi connectivity index (χ0n) is 14.1. The first-order valence-electron chi connectivity index (χ1n) is 8.75. The molecule has 0 unspecified atom stereocenters. The van der Waals surface area contributed by atoms with Crippen molar-refractivity contribution in [1.82, 2.24) is 4.90 Å². The van der Waals surface area contributed by atoms with Crippen LogP contribution in [0.2, 0.25) is 0 Å². The predicted molar refractivity (Wildman–Crippen MR) is 90.9 cm³/mol. The Morgan fingerprint density at radius 1 is 1.18 bits per heavy atom. The monoisotopic (exact) mass is 305 g/mol. The van der Waals surface area contributed by atoms with Gasteiger partial charge in [0.1, 0.15) is 0 Å². The molecule has 0 bridgehead atoms. The molecule has 0 amide bonds. The Morgan fingerprint density at radius 3 is 2.50 bits per heavy atom. The summed E-state index contributed by atoms with van der Waals surface area (Å²) in [6, 6.07) is 10.9. The van der Waals surface area contributed by atoms with Gasteiger partial charge in [-0.25, -0.2) is 0 Å². The van der Waals surface area contributed by atoms with E-state index in [0.717, 1.165) is 6.42 Å². The second kappa shape index (κ2) is 9.29. The maximum absolute atomic E-state index is 10.3. The maximum Gasteiger partial charge on any atom is 0.0900 e. The molecule has 1 aromatic rings. The Bertz CT molecular complexity index is 403. The van der Waals surface area contributed by atoms with Gasteiger partial charge in [0.15, 0.2) is 0 Å². The summed E-state index contributed by atoms with van der Waals surface area (Å²) < 4.78 is 5.95. The number of hydrogen-bond acceptors (Lipinski definition) is 3. The van der Waals surface area contributed by atoms with E-state index in [-0.39, 0.29) is 6.10 Å². The number of hydrogen-bond donors (Lipinski definition) is 1.